The number of anilines is 1. The number of nitrogens with zero attached hydrogens (tertiary/aromatic N) is 2. The quantitative estimate of drug-likeness (QED) is 0.835. The second kappa shape index (κ2) is 4.72. The lowest BCUT2D eigenvalue weighted by molar-refractivity contribution is -0.117. The van der Waals surface area contributed by atoms with Gasteiger partial charge in [0.2, 0.25) is 5.91 Å². The number of hydrogen-bond acceptors (Lipinski definition) is 3. The fraction of sp³-hybridized carbons (Fsp3) is 0.692. The van der Waals surface area contributed by atoms with Gasteiger partial charge in [0.25, 0.3) is 0 Å². The van der Waals surface area contributed by atoms with Crippen LogP contribution in [-0.4, -0.2) is 22.2 Å². The summed E-state index contributed by atoms with van der Waals surface area (Å²) in [5.74, 6) is 0.894. The van der Waals surface area contributed by atoms with E-state index in [-0.39, 0.29) is 11.3 Å². The minimum Gasteiger partial charge on any atom is -0.312 e. The molecule has 0 bridgehead atoms. The van der Waals surface area contributed by atoms with Crippen molar-refractivity contribution >= 4 is 11.7 Å². The minimum absolute atomic E-state index is 0.000980. The van der Waals surface area contributed by atoms with Gasteiger partial charge < -0.3 is 10.6 Å². The van der Waals surface area contributed by atoms with E-state index in [4.69, 9.17) is 0 Å². The van der Waals surface area contributed by atoms with Gasteiger partial charge in [-0.3, -0.25) is 9.48 Å². The number of nitrogens with one attached hydrogen (secondary N) is 2. The second-order valence-corrected chi connectivity index (χ2v) is 6.11. The monoisotopic (exact) mass is 250 g/mol. The molecule has 0 aromatic carbocycles. The smallest absolute Gasteiger partial charge is 0.226 e. The maximum absolute atomic E-state index is 12.0. The molecule has 0 atom stereocenters. The summed E-state index contributed by atoms with van der Waals surface area (Å²) in [7, 11) is 1.88. The molecule has 2 rings (SSSR count). The van der Waals surface area contributed by atoms with Crippen LogP contribution in [0.2, 0.25) is 0 Å². The Balaban J connectivity index is 2.14. The molecule has 1 aromatic heterocycles. The van der Waals surface area contributed by atoms with Crippen LogP contribution in [0.1, 0.15) is 38.4 Å². The third kappa shape index (κ3) is 2.90. The Kier molecular flexibility index (Phi) is 3.43. The highest BCUT2D eigenvalue weighted by Gasteiger charge is 2.22. The number of aromatic nitrogens is 2. The summed E-state index contributed by atoms with van der Waals surface area (Å²) in [5, 5.41) is 10.8. The standard InChI is InChI=1S/C13H22N4O/c1-13(2,3)7-11(18)15-12-9-8-14-6-5-10(9)16-17(12)4/h14H,5-8H2,1-4H3,(H,15,18). The molecule has 1 aliphatic rings. The fourth-order valence-corrected chi connectivity index (χ4v) is 2.24. The Morgan fingerprint density at radius 1 is 1.50 bits per heavy atom. The molecule has 1 aliphatic heterocycles. The van der Waals surface area contributed by atoms with Crippen molar-refractivity contribution in [1.29, 1.82) is 0 Å². The molecule has 100 valence electrons. The lowest BCUT2D eigenvalue weighted by Gasteiger charge is -2.18. The van der Waals surface area contributed by atoms with Gasteiger partial charge in [-0.1, -0.05) is 20.8 Å². The van der Waals surface area contributed by atoms with Crippen LogP contribution in [0, 0.1) is 5.41 Å². The van der Waals surface area contributed by atoms with Gasteiger partial charge in [0.15, 0.2) is 0 Å². The summed E-state index contributed by atoms with van der Waals surface area (Å²) < 4.78 is 1.78. The maximum atomic E-state index is 12.0. The molecule has 0 unspecified atom stereocenters. The van der Waals surface area contributed by atoms with Crippen molar-refractivity contribution in [2.75, 3.05) is 11.9 Å². The van der Waals surface area contributed by atoms with E-state index in [2.05, 4.69) is 36.5 Å². The molecule has 0 radical (unpaired) electrons. The lowest BCUT2D eigenvalue weighted by atomic mass is 9.92. The van der Waals surface area contributed by atoms with Crippen molar-refractivity contribution in [3.05, 3.63) is 11.3 Å². The minimum atomic E-state index is 0.000980. The SMILES string of the molecule is Cn1nc2c(c1NC(=O)CC(C)(C)C)CNCC2. The Morgan fingerprint density at radius 3 is 2.89 bits per heavy atom. The number of hydrogen-bond donors (Lipinski definition) is 2. The number of amides is 1. The predicted octanol–water partition coefficient (Wildman–Crippen LogP) is 1.44. The highest BCUT2D eigenvalue weighted by molar-refractivity contribution is 5.91. The van der Waals surface area contributed by atoms with Gasteiger partial charge in [0, 0.05) is 38.5 Å². The molecular formula is C13H22N4O. The van der Waals surface area contributed by atoms with Crippen molar-refractivity contribution < 1.29 is 4.79 Å². The molecule has 0 saturated carbocycles. The zero-order valence-electron chi connectivity index (χ0n) is 11.6. The van der Waals surface area contributed by atoms with E-state index in [1.807, 2.05) is 7.05 Å². The summed E-state index contributed by atoms with van der Waals surface area (Å²) in [5.41, 5.74) is 2.23. The van der Waals surface area contributed by atoms with Crippen LogP contribution in [0.4, 0.5) is 5.82 Å². The van der Waals surface area contributed by atoms with Gasteiger partial charge in [-0.05, 0) is 5.41 Å². The molecule has 5 nitrogen and oxygen atoms in total. The predicted molar refractivity (Wildman–Crippen MR) is 71.3 cm³/mol. The normalized spacial score (nSPS) is 15.3. The molecule has 1 aromatic rings. The summed E-state index contributed by atoms with van der Waals surface area (Å²) >= 11 is 0. The molecule has 0 spiro atoms. The van der Waals surface area contributed by atoms with Crippen molar-refractivity contribution in [1.82, 2.24) is 15.1 Å². The molecule has 2 N–H and O–H groups in total. The second-order valence-electron chi connectivity index (χ2n) is 6.11. The number of aryl methyl sites for hydroxylation is 1. The van der Waals surface area contributed by atoms with Gasteiger partial charge >= 0.3 is 0 Å². The van der Waals surface area contributed by atoms with E-state index >= 15 is 0 Å². The maximum Gasteiger partial charge on any atom is 0.226 e. The van der Waals surface area contributed by atoms with Gasteiger partial charge in [-0.25, -0.2) is 0 Å². The van der Waals surface area contributed by atoms with Gasteiger partial charge in [-0.2, -0.15) is 5.10 Å². The molecule has 0 aliphatic carbocycles. The Morgan fingerprint density at radius 2 is 2.22 bits per heavy atom. The highest BCUT2D eigenvalue weighted by atomic mass is 16.1. The van der Waals surface area contributed by atoms with Gasteiger partial charge in [-0.15, -0.1) is 0 Å². The van der Waals surface area contributed by atoms with Crippen LogP contribution in [0.5, 0.6) is 0 Å². The lowest BCUT2D eigenvalue weighted by Crippen LogP contribution is -2.25. The van der Waals surface area contributed by atoms with Crippen molar-refractivity contribution in [2.45, 2.75) is 40.2 Å². The Bertz CT molecular complexity index is 456. The van der Waals surface area contributed by atoms with Crippen LogP contribution < -0.4 is 10.6 Å². The van der Waals surface area contributed by atoms with E-state index in [9.17, 15) is 4.79 Å². The first-order valence-electron chi connectivity index (χ1n) is 6.42. The van der Waals surface area contributed by atoms with Crippen LogP contribution in [0.15, 0.2) is 0 Å². The van der Waals surface area contributed by atoms with Crippen LogP contribution in [-0.2, 0) is 24.8 Å². The fourth-order valence-electron chi connectivity index (χ4n) is 2.24. The van der Waals surface area contributed by atoms with Crippen molar-refractivity contribution in [2.24, 2.45) is 12.5 Å². The molecule has 18 heavy (non-hydrogen) atoms. The number of fused-ring (bicyclic) bond motifs is 1. The van der Waals surface area contributed by atoms with E-state index < -0.39 is 0 Å². The third-order valence-corrected chi connectivity index (χ3v) is 3.02. The van der Waals surface area contributed by atoms with Crippen molar-refractivity contribution in [3.63, 3.8) is 0 Å². The van der Waals surface area contributed by atoms with Crippen LogP contribution in [0.3, 0.4) is 0 Å². The average Bonchev–Trinajstić information content (AvgIpc) is 2.53. The molecular weight excluding hydrogens is 228 g/mol. The number of rotatable bonds is 2. The molecule has 1 amide bonds. The zero-order valence-corrected chi connectivity index (χ0v) is 11.6. The first-order chi connectivity index (χ1) is 8.37. The zero-order chi connectivity index (χ0) is 13.3. The highest BCUT2D eigenvalue weighted by Crippen LogP contribution is 2.24. The summed E-state index contributed by atoms with van der Waals surface area (Å²) in [6, 6.07) is 0. The first-order valence-corrected chi connectivity index (χ1v) is 6.42. The van der Waals surface area contributed by atoms with E-state index in [0.717, 1.165) is 36.6 Å². The molecule has 2 heterocycles. The largest absolute Gasteiger partial charge is 0.312 e. The molecule has 0 fully saturated rings. The summed E-state index contributed by atoms with van der Waals surface area (Å²) in [6.07, 6.45) is 1.44. The Labute approximate surface area is 108 Å². The number of carbonyl (C=O) groups excluding carboxylic acids is 1. The molecule has 5 heteroatoms. The third-order valence-electron chi connectivity index (χ3n) is 3.02. The Hall–Kier alpha value is -1.36. The van der Waals surface area contributed by atoms with Crippen LogP contribution >= 0.6 is 0 Å². The van der Waals surface area contributed by atoms with E-state index in [0.29, 0.717) is 6.42 Å². The average molecular weight is 250 g/mol. The first kappa shape index (κ1) is 13.1. The van der Waals surface area contributed by atoms with Gasteiger partial charge in [0.05, 0.1) is 5.69 Å². The van der Waals surface area contributed by atoms with Gasteiger partial charge in [0.1, 0.15) is 5.82 Å². The van der Waals surface area contributed by atoms with Crippen LogP contribution in [0.25, 0.3) is 0 Å². The summed E-state index contributed by atoms with van der Waals surface area (Å²) in [6.45, 7) is 7.93. The van der Waals surface area contributed by atoms with Crippen molar-refractivity contribution in [3.8, 4) is 0 Å². The topological polar surface area (TPSA) is 59.0 Å². The number of carbonyl (C=O) groups is 1. The molecule has 0 saturated heterocycles. The summed E-state index contributed by atoms with van der Waals surface area (Å²) in [4.78, 5) is 12.0. The van der Waals surface area contributed by atoms with E-state index in [1.54, 1.807) is 4.68 Å². The van der Waals surface area contributed by atoms with E-state index in [1.165, 1.54) is 0 Å².